The van der Waals surface area contributed by atoms with Crippen LogP contribution in [0.2, 0.25) is 10.1 Å². The number of carbonyl (C=O) groups is 2. The van der Waals surface area contributed by atoms with Crippen LogP contribution in [0.25, 0.3) is 0 Å². The van der Waals surface area contributed by atoms with Crippen molar-refractivity contribution in [3.63, 3.8) is 0 Å². The van der Waals surface area contributed by atoms with Crippen molar-refractivity contribution in [2.45, 2.75) is 75.7 Å². The summed E-state index contributed by atoms with van der Waals surface area (Å²) in [4.78, 5) is 50.8. The van der Waals surface area contributed by atoms with Gasteiger partial charge in [0.25, 0.3) is 28.0 Å². The van der Waals surface area contributed by atoms with Gasteiger partial charge in [-0.3, -0.25) is 29.8 Å². The highest BCUT2D eigenvalue weighted by Crippen LogP contribution is 2.47. The predicted molar refractivity (Wildman–Crippen MR) is 355 cm³/mol. The lowest BCUT2D eigenvalue weighted by atomic mass is 9.86. The first-order valence-electron chi connectivity index (χ1n) is 28.5. The van der Waals surface area contributed by atoms with Gasteiger partial charge in [0.05, 0.1) is 13.4 Å². The van der Waals surface area contributed by atoms with Gasteiger partial charge in [-0.15, -0.1) is 0 Å². The quantitative estimate of drug-likeness (QED) is 0.0253. The number of primary amides is 2. The van der Waals surface area contributed by atoms with Crippen LogP contribution in [0.15, 0.2) is 237 Å². The molecule has 87 heavy (non-hydrogen) atoms. The Morgan fingerprint density at radius 2 is 0.724 bits per heavy atom. The van der Waals surface area contributed by atoms with E-state index < -0.39 is 72.4 Å². The van der Waals surface area contributed by atoms with Crippen LogP contribution < -0.4 is 41.7 Å². The first kappa shape index (κ1) is 62.9. The minimum atomic E-state index is -3.31. The second-order valence-corrected chi connectivity index (χ2v) is 33.1. The molecule has 0 aliphatic heterocycles. The maximum absolute atomic E-state index is 13.6. The van der Waals surface area contributed by atoms with Crippen LogP contribution >= 0.6 is 22.6 Å². The van der Waals surface area contributed by atoms with Crippen LogP contribution in [-0.4, -0.2) is 51.5 Å². The highest BCUT2D eigenvalue weighted by atomic mass is 127. The van der Waals surface area contributed by atoms with Crippen molar-refractivity contribution in [2.24, 2.45) is 11.5 Å². The van der Waals surface area contributed by atoms with Gasteiger partial charge in [-0.2, -0.15) is 0 Å². The maximum Gasteiger partial charge on any atom is 0.269 e. The van der Waals surface area contributed by atoms with E-state index in [2.05, 4.69) is 113 Å². The number of non-ortho nitro benzene ring substituents is 2. The van der Waals surface area contributed by atoms with Crippen LogP contribution in [-0.2, 0) is 8.85 Å². The molecule has 0 saturated carbocycles. The van der Waals surface area contributed by atoms with Gasteiger partial charge in [-0.05, 0) is 124 Å². The Morgan fingerprint density at radius 1 is 0.437 bits per heavy atom. The van der Waals surface area contributed by atoms with E-state index in [1.54, 1.807) is 66.7 Å². The molecule has 0 aromatic heterocycles. The zero-order chi connectivity index (χ0) is 62.1. The van der Waals surface area contributed by atoms with E-state index in [0.717, 1.165) is 20.7 Å². The minimum Gasteiger partial charge on any atom is -0.484 e. The van der Waals surface area contributed by atoms with Gasteiger partial charge < -0.3 is 29.8 Å². The number of hydrogen-bond acceptors (Lipinski definition) is 10. The molecule has 0 saturated heterocycles. The van der Waals surface area contributed by atoms with Crippen LogP contribution in [0, 0.1) is 23.8 Å². The molecule has 9 aromatic rings. The van der Waals surface area contributed by atoms with Crippen LogP contribution in [0.3, 0.4) is 0 Å². The first-order chi connectivity index (χ1) is 41.7. The molecule has 0 fully saturated rings. The Morgan fingerprint density at radius 3 is 1.00 bits per heavy atom. The van der Waals surface area contributed by atoms with Gasteiger partial charge >= 0.3 is 0 Å². The highest BCUT2D eigenvalue weighted by molar-refractivity contribution is 14.1. The average molecular weight is 1310 g/mol. The number of nitro groups is 2. The standard InChI is InChI=1S/C70H69IN4O10Si2/c1-69(2,3)86(52-24-11-7-12-25-52,53-26-13-8-14-27-53)82-46-60(56-32-19-21-34-58(56)67(72)76)65(48-38-42-50(43-39-48)74(78)79)84-62-36-23-37-63(64(62)71)85-66(49-40-44-51(45-41-49)75(80)81)61(57-33-20-22-35-59(57)68(73)77)47-83-87(70(4,5)6,54-28-15-9-16-29-54)55-30-17-10-18-31-55/h7-45,60-61,65-66H,46-47H2,1-6H3,(H2,72,76)(H2,73,77)/t60-,61-,65+,66+/m1/s1. The smallest absolute Gasteiger partial charge is 0.269 e. The Hall–Kier alpha value is -8.60. The summed E-state index contributed by atoms with van der Waals surface area (Å²) in [6.45, 7) is 13.0. The largest absolute Gasteiger partial charge is 0.484 e. The van der Waals surface area contributed by atoms with E-state index in [9.17, 15) is 29.8 Å². The Bertz CT molecular complexity index is 3530. The van der Waals surface area contributed by atoms with Crippen molar-refractivity contribution in [3.05, 3.63) is 294 Å². The summed E-state index contributed by atoms with van der Waals surface area (Å²) in [7, 11) is -6.62. The fraction of sp³-hybridized carbons (Fsp3) is 0.200. The fourth-order valence-corrected chi connectivity index (χ4v) is 21.8. The molecule has 0 bridgehead atoms. The van der Waals surface area contributed by atoms with E-state index in [4.69, 9.17) is 29.8 Å². The number of nitro benzene ring substituents is 2. The second kappa shape index (κ2) is 27.0. The molecular formula is C70H69IN4O10Si2. The average Bonchev–Trinajstić information content (AvgIpc) is 1.07. The van der Waals surface area contributed by atoms with Crippen molar-refractivity contribution in [1.29, 1.82) is 0 Å². The van der Waals surface area contributed by atoms with Crippen LogP contribution in [0.5, 0.6) is 11.5 Å². The Labute approximate surface area is 523 Å². The fourth-order valence-electron chi connectivity index (χ4n) is 12.0. The number of nitrogens with two attached hydrogens (primary N) is 2. The lowest BCUT2D eigenvalue weighted by Crippen LogP contribution is -2.67. The van der Waals surface area contributed by atoms with Gasteiger partial charge in [0, 0.05) is 60.4 Å². The third-order valence-corrected chi connectivity index (χ3v) is 27.1. The number of rotatable bonds is 24. The Balaban J connectivity index is 1.22. The number of amides is 2. The molecule has 4 atom stereocenters. The summed E-state index contributed by atoms with van der Waals surface area (Å²) >= 11 is 2.18. The molecule has 0 spiro atoms. The second-order valence-electron chi connectivity index (χ2n) is 23.4. The number of benzene rings is 9. The third-order valence-electron chi connectivity index (χ3n) is 16.1. The molecule has 444 valence electrons. The molecule has 9 rings (SSSR count). The number of carbonyl (C=O) groups excluding carboxylic acids is 2. The van der Waals surface area contributed by atoms with Crippen LogP contribution in [0.4, 0.5) is 11.4 Å². The zero-order valence-electron chi connectivity index (χ0n) is 49.2. The van der Waals surface area contributed by atoms with Gasteiger partial charge in [0.15, 0.2) is 0 Å². The summed E-state index contributed by atoms with van der Waals surface area (Å²) in [6.07, 6.45) is -2.04. The summed E-state index contributed by atoms with van der Waals surface area (Å²) in [5, 5.41) is 27.6. The van der Waals surface area contributed by atoms with Gasteiger partial charge in [0.1, 0.15) is 23.7 Å². The predicted octanol–water partition coefficient (Wildman–Crippen LogP) is 13.3. The summed E-state index contributed by atoms with van der Waals surface area (Å²) in [5.74, 6) is -2.28. The van der Waals surface area contributed by atoms with E-state index >= 15 is 0 Å². The molecule has 4 N–H and O–H groups in total. The first-order valence-corrected chi connectivity index (χ1v) is 33.4. The van der Waals surface area contributed by atoms with E-state index in [-0.39, 0.29) is 35.7 Å². The molecule has 0 heterocycles. The highest BCUT2D eigenvalue weighted by Gasteiger charge is 2.53. The van der Waals surface area contributed by atoms with Crippen molar-refractivity contribution in [3.8, 4) is 11.5 Å². The number of nitrogens with zero attached hydrogens (tertiary/aromatic N) is 2. The van der Waals surface area contributed by atoms with Gasteiger partial charge in [-0.25, -0.2) is 0 Å². The third kappa shape index (κ3) is 13.4. The number of halogens is 1. The topological polar surface area (TPSA) is 209 Å². The summed E-state index contributed by atoms with van der Waals surface area (Å²) in [5.41, 5.74) is 14.8. The van der Waals surface area contributed by atoms with Gasteiger partial charge in [0.2, 0.25) is 11.8 Å². The number of ether oxygens (including phenoxy) is 2. The molecule has 0 aliphatic carbocycles. The lowest BCUT2D eigenvalue weighted by Gasteiger charge is -2.44. The molecule has 14 nitrogen and oxygen atoms in total. The van der Waals surface area contributed by atoms with Crippen molar-refractivity contribution < 1.29 is 37.8 Å². The molecule has 9 aromatic carbocycles. The molecule has 0 aliphatic rings. The van der Waals surface area contributed by atoms with E-state index in [0.29, 0.717) is 37.3 Å². The number of hydrogen-bond donors (Lipinski definition) is 2. The van der Waals surface area contributed by atoms with Gasteiger partial charge in [-0.1, -0.05) is 205 Å². The normalized spacial score (nSPS) is 13.4. The van der Waals surface area contributed by atoms with Crippen molar-refractivity contribution in [1.82, 2.24) is 0 Å². The SMILES string of the molecule is CC(C)(C)[Si](OC[C@H](c1ccccc1C(N)=O)[C@@H](Oc1cccc(O[C@@H](c2ccc([N+](=O)[O-])cc2)[C@H](CO[Si](c2ccccc2)(c2ccccc2)C(C)(C)C)c2ccccc2C(N)=O)c1I)c1ccc([N+](=O)[O-])cc1)(c1ccccc1)c1ccccc1. The Kier molecular flexibility index (Phi) is 19.5. The van der Waals surface area contributed by atoms with E-state index in [1.165, 1.54) is 24.3 Å². The molecule has 2 amide bonds. The minimum absolute atomic E-state index is 0.0134. The molecule has 0 unspecified atom stereocenters. The monoisotopic (exact) mass is 1310 g/mol. The molecular weight excluding hydrogens is 1240 g/mol. The van der Waals surface area contributed by atoms with Crippen LogP contribution in [0.1, 0.15) is 109 Å². The summed E-state index contributed by atoms with van der Waals surface area (Å²) in [6, 6.07) is 72.4. The van der Waals surface area contributed by atoms with Crippen molar-refractivity contribution in [2.75, 3.05) is 13.2 Å². The lowest BCUT2D eigenvalue weighted by molar-refractivity contribution is -0.385. The molecule has 0 radical (unpaired) electrons. The zero-order valence-corrected chi connectivity index (χ0v) is 53.4. The van der Waals surface area contributed by atoms with Crippen molar-refractivity contribution >= 4 is 83.2 Å². The van der Waals surface area contributed by atoms with E-state index in [1.807, 2.05) is 97.1 Å². The molecule has 17 heteroatoms. The maximum atomic E-state index is 13.6. The summed E-state index contributed by atoms with van der Waals surface area (Å²) < 4.78 is 30.7.